The highest BCUT2D eigenvalue weighted by Gasteiger charge is 2.11. The Morgan fingerprint density at radius 3 is 2.44 bits per heavy atom. The van der Waals surface area contributed by atoms with Gasteiger partial charge in [-0.15, -0.1) is 10.2 Å². The lowest BCUT2D eigenvalue weighted by Gasteiger charge is -2.23. The van der Waals surface area contributed by atoms with Gasteiger partial charge in [0.1, 0.15) is 11.6 Å². The molecule has 0 bridgehead atoms. The SMILES string of the molecule is COc1ccc(CN=C(NCc2nnc(C)n2C)N(C)Cc2cccc(N(C)C)c2)cc1. The van der Waals surface area contributed by atoms with E-state index in [0.29, 0.717) is 13.1 Å². The largest absolute Gasteiger partial charge is 0.497 e. The van der Waals surface area contributed by atoms with E-state index in [4.69, 9.17) is 9.73 Å². The quantitative estimate of drug-likeness (QED) is 0.433. The summed E-state index contributed by atoms with van der Waals surface area (Å²) >= 11 is 0. The first kappa shape index (κ1) is 23.1. The minimum atomic E-state index is 0.543. The summed E-state index contributed by atoms with van der Waals surface area (Å²) in [6.07, 6.45) is 0. The van der Waals surface area contributed by atoms with E-state index in [1.54, 1.807) is 7.11 Å². The summed E-state index contributed by atoms with van der Waals surface area (Å²) in [5, 5.41) is 11.9. The fraction of sp³-hybridized carbons (Fsp3) is 0.375. The van der Waals surface area contributed by atoms with Gasteiger partial charge in [-0.2, -0.15) is 0 Å². The Morgan fingerprint density at radius 1 is 1.06 bits per heavy atom. The monoisotopic (exact) mass is 435 g/mol. The lowest BCUT2D eigenvalue weighted by Crippen LogP contribution is -2.38. The number of aryl methyl sites for hydroxylation is 1. The molecule has 0 aliphatic heterocycles. The van der Waals surface area contributed by atoms with E-state index >= 15 is 0 Å². The summed E-state index contributed by atoms with van der Waals surface area (Å²) in [5.74, 6) is 3.39. The highest BCUT2D eigenvalue weighted by Crippen LogP contribution is 2.15. The second-order valence-corrected chi connectivity index (χ2v) is 7.98. The maximum absolute atomic E-state index is 5.25. The summed E-state index contributed by atoms with van der Waals surface area (Å²) in [5.41, 5.74) is 3.50. The van der Waals surface area contributed by atoms with Crippen molar-refractivity contribution in [2.24, 2.45) is 12.0 Å². The average Bonchev–Trinajstić information content (AvgIpc) is 3.11. The number of ether oxygens (including phenoxy) is 1. The van der Waals surface area contributed by atoms with Crippen LogP contribution < -0.4 is 15.0 Å². The molecule has 0 fully saturated rings. The first-order valence-corrected chi connectivity index (χ1v) is 10.6. The van der Waals surface area contributed by atoms with Gasteiger partial charge in [0.25, 0.3) is 0 Å². The summed E-state index contributed by atoms with van der Waals surface area (Å²) in [6, 6.07) is 16.5. The second kappa shape index (κ2) is 10.7. The molecule has 8 heteroatoms. The number of hydrogen-bond acceptors (Lipinski definition) is 5. The molecule has 3 aromatic rings. The fourth-order valence-electron chi connectivity index (χ4n) is 3.25. The third kappa shape index (κ3) is 6.00. The molecule has 8 nitrogen and oxygen atoms in total. The minimum absolute atomic E-state index is 0.543. The fourth-order valence-corrected chi connectivity index (χ4v) is 3.25. The smallest absolute Gasteiger partial charge is 0.194 e. The number of guanidine groups is 1. The third-order valence-corrected chi connectivity index (χ3v) is 5.37. The number of anilines is 1. The van der Waals surface area contributed by atoms with Crippen LogP contribution in [0.1, 0.15) is 22.8 Å². The van der Waals surface area contributed by atoms with Crippen molar-refractivity contribution < 1.29 is 4.74 Å². The molecule has 0 amide bonds. The number of rotatable bonds is 8. The molecule has 0 radical (unpaired) electrons. The second-order valence-electron chi connectivity index (χ2n) is 7.98. The molecule has 0 spiro atoms. The molecule has 0 atom stereocenters. The van der Waals surface area contributed by atoms with Crippen LogP contribution in [0.4, 0.5) is 5.69 Å². The van der Waals surface area contributed by atoms with E-state index in [0.717, 1.165) is 35.5 Å². The molecule has 0 aliphatic carbocycles. The first-order valence-electron chi connectivity index (χ1n) is 10.6. The Labute approximate surface area is 190 Å². The van der Waals surface area contributed by atoms with Gasteiger partial charge in [-0.1, -0.05) is 24.3 Å². The zero-order valence-electron chi connectivity index (χ0n) is 19.8. The predicted octanol–water partition coefficient (Wildman–Crippen LogP) is 2.98. The van der Waals surface area contributed by atoms with Crippen LogP contribution in [-0.2, 0) is 26.7 Å². The molecule has 1 aromatic heterocycles. The van der Waals surface area contributed by atoms with Crippen LogP contribution in [0.2, 0.25) is 0 Å². The Balaban J connectivity index is 1.77. The number of methoxy groups -OCH3 is 1. The van der Waals surface area contributed by atoms with Crippen molar-refractivity contribution in [3.8, 4) is 5.75 Å². The van der Waals surface area contributed by atoms with Gasteiger partial charge >= 0.3 is 0 Å². The van der Waals surface area contributed by atoms with Crippen molar-refractivity contribution in [3.63, 3.8) is 0 Å². The molecule has 0 saturated carbocycles. The predicted molar refractivity (Wildman–Crippen MR) is 129 cm³/mol. The van der Waals surface area contributed by atoms with Crippen LogP contribution in [0.25, 0.3) is 0 Å². The number of aromatic nitrogens is 3. The van der Waals surface area contributed by atoms with Crippen molar-refractivity contribution in [3.05, 3.63) is 71.3 Å². The van der Waals surface area contributed by atoms with E-state index in [1.165, 1.54) is 11.3 Å². The van der Waals surface area contributed by atoms with Gasteiger partial charge in [0.05, 0.1) is 20.2 Å². The molecule has 1 heterocycles. The van der Waals surface area contributed by atoms with Gasteiger partial charge in [-0.3, -0.25) is 0 Å². The number of nitrogens with zero attached hydrogens (tertiary/aromatic N) is 6. The number of hydrogen-bond donors (Lipinski definition) is 1. The zero-order valence-corrected chi connectivity index (χ0v) is 19.8. The Kier molecular flexibility index (Phi) is 7.70. The Bertz CT molecular complexity index is 1040. The van der Waals surface area contributed by atoms with E-state index in [9.17, 15) is 0 Å². The number of aliphatic imine (C=N–C) groups is 1. The lowest BCUT2D eigenvalue weighted by atomic mass is 10.2. The summed E-state index contributed by atoms with van der Waals surface area (Å²) in [7, 11) is 9.79. The maximum Gasteiger partial charge on any atom is 0.194 e. The molecule has 0 saturated heterocycles. The Hall–Kier alpha value is -3.55. The first-order chi connectivity index (χ1) is 15.4. The minimum Gasteiger partial charge on any atom is -0.497 e. The van der Waals surface area contributed by atoms with Crippen LogP contribution in [0.3, 0.4) is 0 Å². The van der Waals surface area contributed by atoms with Crippen LogP contribution in [-0.4, -0.2) is 53.9 Å². The normalized spacial score (nSPS) is 11.4. The number of benzene rings is 2. The third-order valence-electron chi connectivity index (χ3n) is 5.37. The van der Waals surface area contributed by atoms with Gasteiger partial charge in [0.2, 0.25) is 0 Å². The van der Waals surface area contributed by atoms with Gasteiger partial charge in [0, 0.05) is 40.4 Å². The molecule has 32 heavy (non-hydrogen) atoms. The highest BCUT2D eigenvalue weighted by molar-refractivity contribution is 5.79. The van der Waals surface area contributed by atoms with Crippen molar-refractivity contribution >= 4 is 11.6 Å². The van der Waals surface area contributed by atoms with Crippen LogP contribution in [0.5, 0.6) is 5.75 Å². The lowest BCUT2D eigenvalue weighted by molar-refractivity contribution is 0.414. The van der Waals surface area contributed by atoms with Gasteiger partial charge < -0.3 is 24.4 Å². The van der Waals surface area contributed by atoms with Crippen LogP contribution in [0, 0.1) is 6.92 Å². The zero-order chi connectivity index (χ0) is 23.1. The molecule has 170 valence electrons. The van der Waals surface area contributed by atoms with E-state index in [1.807, 2.05) is 49.9 Å². The molecule has 3 rings (SSSR count). The van der Waals surface area contributed by atoms with E-state index in [-0.39, 0.29) is 0 Å². The van der Waals surface area contributed by atoms with Crippen molar-refractivity contribution in [2.75, 3.05) is 33.2 Å². The average molecular weight is 436 g/mol. The molecular formula is C24H33N7O. The highest BCUT2D eigenvalue weighted by atomic mass is 16.5. The maximum atomic E-state index is 5.25. The standard InChI is InChI=1S/C24H33N7O/c1-18-27-28-23(31(18)5)16-26-24(25-15-19-10-12-22(32-6)13-11-19)30(4)17-20-8-7-9-21(14-20)29(2)3/h7-14H,15-17H2,1-6H3,(H,25,26). The molecular weight excluding hydrogens is 402 g/mol. The van der Waals surface area contributed by atoms with Crippen molar-refractivity contribution in [2.45, 2.75) is 26.6 Å². The van der Waals surface area contributed by atoms with Gasteiger partial charge in [-0.05, 0) is 42.3 Å². The summed E-state index contributed by atoms with van der Waals surface area (Å²) < 4.78 is 7.23. The van der Waals surface area contributed by atoms with Gasteiger partial charge in [0.15, 0.2) is 11.8 Å². The van der Waals surface area contributed by atoms with E-state index in [2.05, 4.69) is 63.7 Å². The topological polar surface area (TPSA) is 70.8 Å². The van der Waals surface area contributed by atoms with E-state index < -0.39 is 0 Å². The van der Waals surface area contributed by atoms with Gasteiger partial charge in [-0.25, -0.2) is 4.99 Å². The number of nitrogens with one attached hydrogen (secondary N) is 1. The molecule has 2 aromatic carbocycles. The van der Waals surface area contributed by atoms with Crippen molar-refractivity contribution in [1.29, 1.82) is 0 Å². The summed E-state index contributed by atoms with van der Waals surface area (Å²) in [4.78, 5) is 9.11. The molecule has 0 unspecified atom stereocenters. The molecule has 1 N–H and O–H groups in total. The summed E-state index contributed by atoms with van der Waals surface area (Å²) in [6.45, 7) is 3.78. The van der Waals surface area contributed by atoms with Crippen LogP contribution in [0.15, 0.2) is 53.5 Å². The van der Waals surface area contributed by atoms with Crippen molar-refractivity contribution in [1.82, 2.24) is 25.0 Å². The van der Waals surface area contributed by atoms with Crippen LogP contribution >= 0.6 is 0 Å². The Morgan fingerprint density at radius 2 is 1.81 bits per heavy atom. The molecule has 0 aliphatic rings.